The normalized spacial score (nSPS) is 14.5. The summed E-state index contributed by atoms with van der Waals surface area (Å²) < 4.78 is 0. The summed E-state index contributed by atoms with van der Waals surface area (Å²) in [6, 6.07) is -0.0339. The molecule has 6 heteroatoms. The lowest BCUT2D eigenvalue weighted by atomic mass is 9.99. The molecule has 0 bridgehead atoms. The standard InChI is InChI=1S/C17H35N3O2S/c1-11(2)16(21)14(20-13(5)6)7-8-23-9-15(19-10-18)17(22)12(3)4/h11-15,19-20H,7-10,18H2,1-6H3. The topological polar surface area (TPSA) is 84.2 Å². The zero-order valence-electron chi connectivity index (χ0n) is 15.5. The van der Waals surface area contributed by atoms with E-state index in [0.717, 1.165) is 12.2 Å². The fourth-order valence-corrected chi connectivity index (χ4v) is 3.39. The summed E-state index contributed by atoms with van der Waals surface area (Å²) in [5, 5.41) is 6.40. The Morgan fingerprint density at radius 1 is 0.957 bits per heavy atom. The first-order chi connectivity index (χ1) is 10.7. The van der Waals surface area contributed by atoms with E-state index in [9.17, 15) is 9.59 Å². The number of carbonyl (C=O) groups is 2. The SMILES string of the molecule is CC(C)NC(CCSCC(NCN)C(=O)C(C)C)C(=O)C(C)C. The molecule has 0 aromatic carbocycles. The van der Waals surface area contributed by atoms with Gasteiger partial charge in [-0.1, -0.05) is 41.5 Å². The largest absolute Gasteiger partial charge is 0.318 e. The van der Waals surface area contributed by atoms with Crippen molar-refractivity contribution in [3.8, 4) is 0 Å². The predicted octanol–water partition coefficient (Wildman–Crippen LogP) is 1.80. The number of rotatable bonds is 13. The van der Waals surface area contributed by atoms with Gasteiger partial charge < -0.3 is 11.1 Å². The molecule has 0 aromatic rings. The third-order valence-electron chi connectivity index (χ3n) is 3.56. The highest BCUT2D eigenvalue weighted by Gasteiger charge is 2.23. The molecular weight excluding hydrogens is 310 g/mol. The maximum atomic E-state index is 12.3. The third kappa shape index (κ3) is 9.45. The summed E-state index contributed by atoms with van der Waals surface area (Å²) in [5.74, 6) is 2.02. The van der Waals surface area contributed by atoms with Crippen LogP contribution < -0.4 is 16.4 Å². The van der Waals surface area contributed by atoms with Crippen molar-refractivity contribution in [1.29, 1.82) is 0 Å². The summed E-state index contributed by atoms with van der Waals surface area (Å²) in [7, 11) is 0. The molecular formula is C17H35N3O2S. The van der Waals surface area contributed by atoms with Crippen molar-refractivity contribution in [1.82, 2.24) is 10.6 Å². The quantitative estimate of drug-likeness (QED) is 0.349. The minimum atomic E-state index is -0.206. The Bertz CT molecular complexity index is 360. The molecule has 0 spiro atoms. The Labute approximate surface area is 145 Å². The van der Waals surface area contributed by atoms with Gasteiger partial charge in [0.05, 0.1) is 12.1 Å². The van der Waals surface area contributed by atoms with Crippen LogP contribution in [-0.2, 0) is 9.59 Å². The molecule has 0 aliphatic carbocycles. The van der Waals surface area contributed by atoms with Crippen LogP contribution in [-0.4, -0.2) is 47.9 Å². The average Bonchev–Trinajstić information content (AvgIpc) is 2.46. The first-order valence-corrected chi connectivity index (χ1v) is 9.70. The van der Waals surface area contributed by atoms with Gasteiger partial charge in [-0.25, -0.2) is 0 Å². The van der Waals surface area contributed by atoms with E-state index in [1.54, 1.807) is 11.8 Å². The van der Waals surface area contributed by atoms with E-state index in [-0.39, 0.29) is 41.5 Å². The molecule has 23 heavy (non-hydrogen) atoms. The number of ketones is 2. The van der Waals surface area contributed by atoms with Crippen LogP contribution in [0.2, 0.25) is 0 Å². The smallest absolute Gasteiger partial charge is 0.153 e. The third-order valence-corrected chi connectivity index (χ3v) is 4.65. The number of carbonyl (C=O) groups excluding carboxylic acids is 2. The second kappa shape index (κ2) is 12.0. The molecule has 0 aliphatic rings. The summed E-state index contributed by atoms with van der Waals surface area (Å²) in [4.78, 5) is 24.4. The van der Waals surface area contributed by atoms with Gasteiger partial charge in [0.25, 0.3) is 0 Å². The summed E-state index contributed by atoms with van der Waals surface area (Å²) in [5.41, 5.74) is 5.52. The van der Waals surface area contributed by atoms with Crippen LogP contribution in [0.25, 0.3) is 0 Å². The van der Waals surface area contributed by atoms with Gasteiger partial charge in [0, 0.05) is 30.3 Å². The first kappa shape index (κ1) is 22.6. The van der Waals surface area contributed by atoms with Crippen molar-refractivity contribution in [2.75, 3.05) is 18.2 Å². The van der Waals surface area contributed by atoms with Crippen LogP contribution in [0, 0.1) is 11.8 Å². The Morgan fingerprint density at radius 3 is 1.91 bits per heavy atom. The minimum Gasteiger partial charge on any atom is -0.318 e. The van der Waals surface area contributed by atoms with E-state index in [1.165, 1.54) is 0 Å². The molecule has 0 heterocycles. The minimum absolute atomic E-state index is 0.00229. The van der Waals surface area contributed by atoms with Gasteiger partial charge >= 0.3 is 0 Å². The Morgan fingerprint density at radius 2 is 1.48 bits per heavy atom. The van der Waals surface area contributed by atoms with Crippen LogP contribution >= 0.6 is 11.8 Å². The maximum Gasteiger partial charge on any atom is 0.153 e. The van der Waals surface area contributed by atoms with E-state index >= 15 is 0 Å². The van der Waals surface area contributed by atoms with E-state index in [0.29, 0.717) is 12.4 Å². The van der Waals surface area contributed by atoms with Gasteiger partial charge in [-0.05, 0) is 12.2 Å². The lowest BCUT2D eigenvalue weighted by Gasteiger charge is -2.22. The molecule has 0 saturated heterocycles. The molecule has 0 rings (SSSR count). The molecule has 0 radical (unpaired) electrons. The Kier molecular flexibility index (Phi) is 11.8. The Hall–Kier alpha value is -0.430. The van der Waals surface area contributed by atoms with Crippen LogP contribution in [0.3, 0.4) is 0 Å². The number of thioether (sulfide) groups is 1. The van der Waals surface area contributed by atoms with E-state index in [4.69, 9.17) is 5.73 Å². The second-order valence-corrected chi connectivity index (χ2v) is 7.96. The summed E-state index contributed by atoms with van der Waals surface area (Å²) in [6.07, 6.45) is 0.783. The lowest BCUT2D eigenvalue weighted by molar-refractivity contribution is -0.124. The number of nitrogens with one attached hydrogen (secondary N) is 2. The van der Waals surface area contributed by atoms with Gasteiger partial charge in [0.1, 0.15) is 0 Å². The number of nitrogens with two attached hydrogens (primary N) is 1. The molecule has 136 valence electrons. The van der Waals surface area contributed by atoms with Crippen LogP contribution in [0.1, 0.15) is 48.0 Å². The zero-order chi connectivity index (χ0) is 18.0. The summed E-state index contributed by atoms with van der Waals surface area (Å²) in [6.45, 7) is 12.1. The highest BCUT2D eigenvalue weighted by molar-refractivity contribution is 7.99. The number of hydrogen-bond donors (Lipinski definition) is 3. The number of hydrogen-bond acceptors (Lipinski definition) is 6. The van der Waals surface area contributed by atoms with Crippen LogP contribution in [0.4, 0.5) is 0 Å². The zero-order valence-corrected chi connectivity index (χ0v) is 16.3. The van der Waals surface area contributed by atoms with Crippen molar-refractivity contribution >= 4 is 23.3 Å². The lowest BCUT2D eigenvalue weighted by Crippen LogP contribution is -2.44. The fraction of sp³-hybridized carbons (Fsp3) is 0.882. The van der Waals surface area contributed by atoms with Gasteiger partial charge in [0.2, 0.25) is 0 Å². The molecule has 0 saturated carbocycles. The number of Topliss-reactive ketones (excluding diaryl/α,β-unsaturated/α-hetero) is 2. The average molecular weight is 346 g/mol. The van der Waals surface area contributed by atoms with Gasteiger partial charge in [-0.15, -0.1) is 0 Å². The molecule has 4 N–H and O–H groups in total. The highest BCUT2D eigenvalue weighted by Crippen LogP contribution is 2.13. The van der Waals surface area contributed by atoms with Gasteiger partial charge in [-0.3, -0.25) is 14.9 Å². The predicted molar refractivity (Wildman–Crippen MR) is 99.7 cm³/mol. The molecule has 5 nitrogen and oxygen atoms in total. The van der Waals surface area contributed by atoms with Gasteiger partial charge in [-0.2, -0.15) is 11.8 Å². The molecule has 0 aromatic heterocycles. The van der Waals surface area contributed by atoms with Crippen molar-refractivity contribution < 1.29 is 9.59 Å². The van der Waals surface area contributed by atoms with Crippen LogP contribution in [0.5, 0.6) is 0 Å². The van der Waals surface area contributed by atoms with Crippen molar-refractivity contribution in [2.24, 2.45) is 17.6 Å². The molecule has 0 fully saturated rings. The maximum absolute atomic E-state index is 12.3. The van der Waals surface area contributed by atoms with Gasteiger partial charge in [0.15, 0.2) is 11.6 Å². The van der Waals surface area contributed by atoms with Crippen molar-refractivity contribution in [3.63, 3.8) is 0 Å². The molecule has 0 aliphatic heterocycles. The van der Waals surface area contributed by atoms with Crippen LogP contribution in [0.15, 0.2) is 0 Å². The van der Waals surface area contributed by atoms with Crippen molar-refractivity contribution in [2.45, 2.75) is 66.1 Å². The highest BCUT2D eigenvalue weighted by atomic mass is 32.2. The fourth-order valence-electron chi connectivity index (χ4n) is 2.30. The van der Waals surface area contributed by atoms with Crippen molar-refractivity contribution in [3.05, 3.63) is 0 Å². The second-order valence-electron chi connectivity index (χ2n) is 6.81. The van der Waals surface area contributed by atoms with E-state index in [1.807, 2.05) is 27.7 Å². The molecule has 2 atom stereocenters. The molecule has 2 unspecified atom stereocenters. The molecule has 0 amide bonds. The van der Waals surface area contributed by atoms with E-state index < -0.39 is 0 Å². The summed E-state index contributed by atoms with van der Waals surface area (Å²) >= 11 is 1.70. The Balaban J connectivity index is 4.40. The monoisotopic (exact) mass is 345 g/mol. The van der Waals surface area contributed by atoms with E-state index in [2.05, 4.69) is 24.5 Å². The first-order valence-electron chi connectivity index (χ1n) is 8.55.